The van der Waals surface area contributed by atoms with Gasteiger partial charge in [-0.25, -0.2) is 9.59 Å². The number of hydrogen-bond acceptors (Lipinski definition) is 27. The van der Waals surface area contributed by atoms with Crippen LogP contribution in [0.3, 0.4) is 0 Å². The van der Waals surface area contributed by atoms with Gasteiger partial charge in [0.1, 0.15) is 79.9 Å². The zero-order valence-electron chi connectivity index (χ0n) is 55.8. The van der Waals surface area contributed by atoms with Crippen LogP contribution in [0.15, 0.2) is 34.9 Å². The molecule has 28 heteroatoms. The van der Waals surface area contributed by atoms with Gasteiger partial charge in [-0.15, -0.1) is 0 Å². The van der Waals surface area contributed by atoms with Gasteiger partial charge < -0.3 is 118 Å². The van der Waals surface area contributed by atoms with E-state index in [0.717, 1.165) is 5.57 Å². The van der Waals surface area contributed by atoms with Gasteiger partial charge in [0.25, 0.3) is 0 Å². The van der Waals surface area contributed by atoms with Gasteiger partial charge in [0.15, 0.2) is 37.4 Å². The molecule has 0 aromatic rings. The van der Waals surface area contributed by atoms with E-state index in [0.29, 0.717) is 32.1 Å². The summed E-state index contributed by atoms with van der Waals surface area (Å²) in [4.78, 5) is 52.3. The number of allylic oxidation sites excluding steroid dienone is 4. The molecule has 8 fully saturated rings. The van der Waals surface area contributed by atoms with Crippen molar-refractivity contribution in [2.45, 2.75) is 276 Å². The van der Waals surface area contributed by atoms with Crippen molar-refractivity contribution in [3.05, 3.63) is 34.9 Å². The Labute approximate surface area is 564 Å². The van der Waals surface area contributed by atoms with Crippen LogP contribution in [-0.2, 0) is 71.3 Å². The smallest absolute Gasteiger partial charge is 0.547 e. The van der Waals surface area contributed by atoms with E-state index in [4.69, 9.17) is 52.1 Å². The normalized spacial score (nSPS) is 47.8. The maximum atomic E-state index is 13.4. The van der Waals surface area contributed by atoms with Gasteiger partial charge in [0.05, 0.1) is 55.1 Å². The Hall–Kier alpha value is -2.66. The second kappa shape index (κ2) is 28.5. The molecule has 4 saturated carbocycles. The molecule has 4 heterocycles. The molecule has 10 unspecified atom stereocenters. The maximum Gasteiger partial charge on any atom is 1.00 e. The molecule has 9 rings (SSSR count). The summed E-state index contributed by atoms with van der Waals surface area (Å²) in [5, 5.41) is 137. The van der Waals surface area contributed by atoms with Gasteiger partial charge >= 0.3 is 47.5 Å². The van der Waals surface area contributed by atoms with Gasteiger partial charge in [0.2, 0.25) is 0 Å². The molecular formula is C65H99NaO27. The second-order valence-corrected chi connectivity index (χ2v) is 29.4. The van der Waals surface area contributed by atoms with Gasteiger partial charge in [0, 0.05) is 18.1 Å². The first kappa shape index (κ1) is 76.1. The monoisotopic (exact) mass is 1330 g/mol. The van der Waals surface area contributed by atoms with Crippen LogP contribution in [0.25, 0.3) is 0 Å². The van der Waals surface area contributed by atoms with Crippen molar-refractivity contribution < 1.29 is 162 Å². The van der Waals surface area contributed by atoms with Crippen molar-refractivity contribution in [2.75, 3.05) is 19.8 Å². The molecule has 30 atom stereocenters. The topological polar surface area (TPSA) is 415 Å². The molecule has 0 bridgehead atoms. The first-order valence-corrected chi connectivity index (χ1v) is 32.3. The van der Waals surface area contributed by atoms with Crippen LogP contribution in [-0.4, -0.2) is 241 Å². The third-order valence-electron chi connectivity index (χ3n) is 23.6. The van der Waals surface area contributed by atoms with Gasteiger partial charge in [-0.1, -0.05) is 72.3 Å². The molecule has 0 aromatic carbocycles. The summed E-state index contributed by atoms with van der Waals surface area (Å²) >= 11 is 0. The number of carboxylic acid groups (broad SMARTS) is 1. The number of rotatable bonds is 17. The molecule has 11 N–H and O–H groups in total. The van der Waals surface area contributed by atoms with E-state index in [1.165, 1.54) is 19.9 Å². The van der Waals surface area contributed by atoms with Crippen LogP contribution >= 0.6 is 0 Å². The van der Waals surface area contributed by atoms with E-state index in [-0.39, 0.29) is 65.4 Å². The predicted molar refractivity (Wildman–Crippen MR) is 313 cm³/mol. The van der Waals surface area contributed by atoms with E-state index in [9.17, 15) is 80.5 Å². The van der Waals surface area contributed by atoms with Crippen molar-refractivity contribution in [3.8, 4) is 0 Å². The fraction of sp³-hybridized carbons (Fsp3) is 0.846. The van der Waals surface area contributed by atoms with E-state index >= 15 is 0 Å². The molecule has 93 heavy (non-hydrogen) atoms. The number of fused-ring (bicyclic) bond motifs is 7. The number of esters is 3. The molecule has 5 aliphatic carbocycles. The van der Waals surface area contributed by atoms with E-state index in [1.807, 2.05) is 27.7 Å². The van der Waals surface area contributed by atoms with Gasteiger partial charge in [-0.3, -0.25) is 4.79 Å². The third-order valence-corrected chi connectivity index (χ3v) is 23.6. The van der Waals surface area contributed by atoms with Crippen molar-refractivity contribution in [3.63, 3.8) is 0 Å². The molecule has 0 amide bonds. The average Bonchev–Trinajstić information content (AvgIpc) is 1.10. The number of hydrogen-bond donors (Lipinski definition) is 11. The number of aliphatic hydroxyl groups excluding tert-OH is 11. The fourth-order valence-corrected chi connectivity index (χ4v) is 17.8. The Morgan fingerprint density at radius 1 is 0.624 bits per heavy atom. The minimum atomic E-state index is -2.20. The summed E-state index contributed by atoms with van der Waals surface area (Å²) in [6.45, 7) is 21.7. The zero-order chi connectivity index (χ0) is 68.0. The number of aliphatic hydroxyl groups is 11. The summed E-state index contributed by atoms with van der Waals surface area (Å²) in [6.07, 6.45) is -29.6. The quantitative estimate of drug-likeness (QED) is 0.0167. The number of carboxylic acids is 1. The Kier molecular flexibility index (Phi) is 23.3. The number of aliphatic carboxylic acids is 1. The van der Waals surface area contributed by atoms with Crippen LogP contribution in [0.4, 0.5) is 0 Å². The zero-order valence-corrected chi connectivity index (χ0v) is 57.8. The number of carbonyl (C=O) groups is 4. The molecule has 522 valence electrons. The summed E-state index contributed by atoms with van der Waals surface area (Å²) in [5.74, 6) is -4.85. The molecule has 0 aromatic heterocycles. The molecule has 0 spiro atoms. The van der Waals surface area contributed by atoms with E-state index < -0.39 is 223 Å². The molecule has 9 aliphatic rings. The molecule has 4 saturated heterocycles. The van der Waals surface area contributed by atoms with Crippen LogP contribution < -0.4 is 34.7 Å². The maximum absolute atomic E-state index is 13.4. The van der Waals surface area contributed by atoms with Crippen LogP contribution in [0.5, 0.6) is 0 Å². The van der Waals surface area contributed by atoms with Crippen LogP contribution in [0.1, 0.15) is 135 Å². The third kappa shape index (κ3) is 13.2. The number of ether oxygens (including phenoxy) is 11. The Bertz CT molecular complexity index is 2800. The van der Waals surface area contributed by atoms with Crippen molar-refractivity contribution in [2.24, 2.45) is 50.2 Å². The van der Waals surface area contributed by atoms with E-state index in [2.05, 4.69) is 26.8 Å². The Morgan fingerprint density at radius 2 is 1.17 bits per heavy atom. The van der Waals surface area contributed by atoms with Gasteiger partial charge in [-0.05, 0) is 124 Å². The number of carbonyl (C=O) groups excluding carboxylic acids is 4. The molecular weight excluding hydrogens is 1240 g/mol. The second-order valence-electron chi connectivity index (χ2n) is 29.4. The Balaban J connectivity index is 0.0000111. The minimum absolute atomic E-state index is 0. The summed E-state index contributed by atoms with van der Waals surface area (Å²) in [5.41, 5.74) is -3.59. The van der Waals surface area contributed by atoms with Crippen molar-refractivity contribution in [1.82, 2.24) is 0 Å². The average molecular weight is 1340 g/mol. The molecule has 27 nitrogen and oxygen atoms in total. The van der Waals surface area contributed by atoms with Crippen LogP contribution in [0, 0.1) is 50.2 Å². The molecule has 0 radical (unpaired) electrons. The summed E-state index contributed by atoms with van der Waals surface area (Å²) in [6, 6.07) is 0. The standard InChI is InChI=1S/C65H100O27.Na/c1-14-27(3)54(80)87-46-29(5)83-58(45(76)48(46)88-55(81)28(4)15-2)92-52-51(77)65(26-82-30(6)68)32(22-60(52,7)8)31-16-17-36-62(11)20-19-38(61(9,10)35(62)18-21-63(36,12)64(31,13)23-37(65)69)86-59-50(91-57-43(74)41(72)39(70)33(24-66)84-57)47(44(75)49(90-59)53(78)79)89-56-42(73)40(71)34(25-67)85-56;/h14-16,29,32-52,56-59,66-67,69-77H,17-26H2,1-13H3,(H,78,79);/q;+1/p-1/b27-14-,28-15-;/t29?,32?,33?,34-,35?,36?,37-,38+,39+,40?,41+,42+,43?,44-,45?,46+,47+,48-,49?,50?,51+,52+,56+,57+,58+,59-,62+,63-,64-,65+;/m1./s1. The molecule has 4 aliphatic heterocycles. The fourth-order valence-electron chi connectivity index (χ4n) is 17.8. The SMILES string of the molecule is C/C=C(/C)C(=O)O[C@@H]1C(O)[C@H](O[C@H]2[C@H](O)[C@@]3(COC(C)=O)C(CC2(C)C)C2=CCC4[C@@]5(C)CC[C@H](O[C@@H]6OC(C(=O)[O-])[C@H](O)[C@H](O[C@@H]7O[C@H](CO)C(O)[C@@H]7O)C6O[C@@H]6OC(CO)[C@H](O)[C@H](O)C6O)C(C)(C)C5CC[C@@]4(C)[C@]2(C)C[C@H]3O)OC(C)[C@@H]1OC(=O)/C(C)=C\C.[Na+]. The first-order valence-electron chi connectivity index (χ1n) is 32.3. The summed E-state index contributed by atoms with van der Waals surface area (Å²) in [7, 11) is 0. The van der Waals surface area contributed by atoms with Crippen LogP contribution in [0.2, 0.25) is 0 Å². The largest absolute Gasteiger partial charge is 1.00 e. The first-order chi connectivity index (χ1) is 42.9. The van der Waals surface area contributed by atoms with Crippen molar-refractivity contribution >= 4 is 23.9 Å². The van der Waals surface area contributed by atoms with Gasteiger partial charge in [-0.2, -0.15) is 0 Å². The van der Waals surface area contributed by atoms with Crippen molar-refractivity contribution in [1.29, 1.82) is 0 Å². The van der Waals surface area contributed by atoms with E-state index in [1.54, 1.807) is 33.8 Å². The Morgan fingerprint density at radius 3 is 1.73 bits per heavy atom. The summed E-state index contributed by atoms with van der Waals surface area (Å²) < 4.78 is 67.0. The predicted octanol–water partition coefficient (Wildman–Crippen LogP) is -3.62. The minimum Gasteiger partial charge on any atom is -0.547 e.